The fourth-order valence-electron chi connectivity index (χ4n) is 2.39. The standard InChI is InChI=1S/C12H22N4/c1-5-9-10-11(16(4)15-9)14-12(6-2,7-3)8-13-10/h13-14H,5-8H2,1-4H3. The van der Waals surface area contributed by atoms with Crippen LogP contribution in [-0.2, 0) is 13.5 Å². The van der Waals surface area contributed by atoms with Crippen molar-refractivity contribution in [1.82, 2.24) is 9.78 Å². The van der Waals surface area contributed by atoms with Gasteiger partial charge < -0.3 is 10.6 Å². The number of fused-ring (bicyclic) bond motifs is 1. The zero-order chi connectivity index (χ0) is 11.8. The third kappa shape index (κ3) is 1.56. The lowest BCUT2D eigenvalue weighted by molar-refractivity contribution is 0.446. The van der Waals surface area contributed by atoms with Gasteiger partial charge in [0.2, 0.25) is 0 Å². The summed E-state index contributed by atoms with van der Waals surface area (Å²) in [7, 11) is 2.01. The molecule has 0 spiro atoms. The number of rotatable bonds is 3. The summed E-state index contributed by atoms with van der Waals surface area (Å²) >= 11 is 0. The zero-order valence-electron chi connectivity index (χ0n) is 10.7. The van der Waals surface area contributed by atoms with Gasteiger partial charge in [-0.1, -0.05) is 20.8 Å². The summed E-state index contributed by atoms with van der Waals surface area (Å²) in [5.74, 6) is 1.15. The predicted molar refractivity (Wildman–Crippen MR) is 68.0 cm³/mol. The van der Waals surface area contributed by atoms with E-state index in [9.17, 15) is 0 Å². The van der Waals surface area contributed by atoms with Crippen molar-refractivity contribution in [2.75, 3.05) is 17.2 Å². The van der Waals surface area contributed by atoms with Crippen molar-refractivity contribution in [3.63, 3.8) is 0 Å². The fourth-order valence-corrected chi connectivity index (χ4v) is 2.39. The van der Waals surface area contributed by atoms with Crippen LogP contribution >= 0.6 is 0 Å². The Morgan fingerprint density at radius 1 is 1.31 bits per heavy atom. The van der Waals surface area contributed by atoms with Gasteiger partial charge in [0, 0.05) is 13.6 Å². The van der Waals surface area contributed by atoms with E-state index in [1.54, 1.807) is 0 Å². The largest absolute Gasteiger partial charge is 0.378 e. The first-order valence-electron chi connectivity index (χ1n) is 6.23. The first kappa shape index (κ1) is 11.3. The molecule has 1 aliphatic heterocycles. The van der Waals surface area contributed by atoms with Crippen LogP contribution in [0.4, 0.5) is 11.5 Å². The second kappa shape index (κ2) is 4.00. The molecule has 0 aliphatic carbocycles. The van der Waals surface area contributed by atoms with Gasteiger partial charge in [-0.05, 0) is 19.3 Å². The number of anilines is 2. The molecular formula is C12H22N4. The fraction of sp³-hybridized carbons (Fsp3) is 0.750. The van der Waals surface area contributed by atoms with Crippen LogP contribution in [0.25, 0.3) is 0 Å². The van der Waals surface area contributed by atoms with E-state index in [0.717, 1.165) is 37.3 Å². The molecule has 90 valence electrons. The maximum absolute atomic E-state index is 4.54. The molecule has 0 atom stereocenters. The summed E-state index contributed by atoms with van der Waals surface area (Å²) in [6.45, 7) is 7.61. The third-order valence-corrected chi connectivity index (χ3v) is 3.80. The van der Waals surface area contributed by atoms with Crippen molar-refractivity contribution in [3.8, 4) is 0 Å². The molecule has 0 amide bonds. The van der Waals surface area contributed by atoms with Gasteiger partial charge in [-0.2, -0.15) is 5.10 Å². The molecule has 0 saturated carbocycles. The van der Waals surface area contributed by atoms with E-state index in [2.05, 4.69) is 36.5 Å². The van der Waals surface area contributed by atoms with E-state index in [1.807, 2.05) is 11.7 Å². The van der Waals surface area contributed by atoms with Crippen LogP contribution in [0, 0.1) is 0 Å². The number of hydrogen-bond donors (Lipinski definition) is 2. The Morgan fingerprint density at radius 2 is 2.00 bits per heavy atom. The van der Waals surface area contributed by atoms with Crippen LogP contribution in [0.1, 0.15) is 39.3 Å². The predicted octanol–water partition coefficient (Wildman–Crippen LogP) is 2.38. The van der Waals surface area contributed by atoms with Crippen molar-refractivity contribution in [3.05, 3.63) is 5.69 Å². The van der Waals surface area contributed by atoms with E-state index in [-0.39, 0.29) is 5.54 Å². The van der Waals surface area contributed by atoms with E-state index < -0.39 is 0 Å². The Hall–Kier alpha value is -1.19. The highest BCUT2D eigenvalue weighted by molar-refractivity contribution is 5.71. The number of nitrogens with one attached hydrogen (secondary N) is 2. The van der Waals surface area contributed by atoms with Gasteiger partial charge in [0.1, 0.15) is 11.5 Å². The lowest BCUT2D eigenvalue weighted by Crippen LogP contribution is -2.47. The number of aromatic nitrogens is 2. The molecule has 2 heterocycles. The minimum atomic E-state index is 0.186. The Bertz CT molecular complexity index is 377. The minimum absolute atomic E-state index is 0.186. The van der Waals surface area contributed by atoms with Gasteiger partial charge >= 0.3 is 0 Å². The molecule has 0 bridgehead atoms. The average Bonchev–Trinajstić information content (AvgIpc) is 2.65. The summed E-state index contributed by atoms with van der Waals surface area (Å²) in [6.07, 6.45) is 3.23. The Morgan fingerprint density at radius 3 is 2.56 bits per heavy atom. The smallest absolute Gasteiger partial charge is 0.148 e. The highest BCUT2D eigenvalue weighted by Gasteiger charge is 2.33. The second-order valence-electron chi connectivity index (χ2n) is 4.61. The summed E-state index contributed by atoms with van der Waals surface area (Å²) in [4.78, 5) is 0. The molecule has 4 heteroatoms. The molecule has 2 rings (SSSR count). The molecule has 0 unspecified atom stereocenters. The van der Waals surface area contributed by atoms with Crippen molar-refractivity contribution in [2.24, 2.45) is 7.05 Å². The Kier molecular flexibility index (Phi) is 2.82. The SMILES string of the molecule is CCc1nn(C)c2c1NCC(CC)(CC)N2. The highest BCUT2D eigenvalue weighted by atomic mass is 15.4. The number of aryl methyl sites for hydroxylation is 2. The maximum atomic E-state index is 4.54. The second-order valence-corrected chi connectivity index (χ2v) is 4.61. The summed E-state index contributed by atoms with van der Waals surface area (Å²) in [6, 6.07) is 0. The van der Waals surface area contributed by atoms with E-state index in [1.165, 1.54) is 5.69 Å². The highest BCUT2D eigenvalue weighted by Crippen LogP contribution is 2.35. The van der Waals surface area contributed by atoms with Crippen LogP contribution < -0.4 is 10.6 Å². The third-order valence-electron chi connectivity index (χ3n) is 3.80. The summed E-state index contributed by atoms with van der Waals surface area (Å²) in [5, 5.41) is 11.8. The Labute approximate surface area is 97.4 Å². The van der Waals surface area contributed by atoms with Crippen LogP contribution in [-0.4, -0.2) is 21.9 Å². The van der Waals surface area contributed by atoms with Gasteiger partial charge in [-0.25, -0.2) is 0 Å². The van der Waals surface area contributed by atoms with Gasteiger partial charge in [0.05, 0.1) is 11.2 Å². The van der Waals surface area contributed by atoms with Crippen LogP contribution in [0.3, 0.4) is 0 Å². The van der Waals surface area contributed by atoms with E-state index in [4.69, 9.17) is 0 Å². The van der Waals surface area contributed by atoms with E-state index >= 15 is 0 Å². The molecular weight excluding hydrogens is 200 g/mol. The van der Waals surface area contributed by atoms with Crippen molar-refractivity contribution < 1.29 is 0 Å². The molecule has 1 aliphatic rings. The van der Waals surface area contributed by atoms with Crippen LogP contribution in [0.15, 0.2) is 0 Å². The quantitative estimate of drug-likeness (QED) is 0.825. The molecule has 0 fully saturated rings. The minimum Gasteiger partial charge on any atom is -0.378 e. The van der Waals surface area contributed by atoms with Crippen LogP contribution in [0.2, 0.25) is 0 Å². The average molecular weight is 222 g/mol. The molecule has 0 radical (unpaired) electrons. The molecule has 0 aromatic carbocycles. The molecule has 4 nitrogen and oxygen atoms in total. The first-order chi connectivity index (χ1) is 7.65. The lowest BCUT2D eigenvalue weighted by Gasteiger charge is -2.38. The van der Waals surface area contributed by atoms with Gasteiger partial charge in [-0.15, -0.1) is 0 Å². The normalized spacial score (nSPS) is 17.5. The summed E-state index contributed by atoms with van der Waals surface area (Å²) < 4.78 is 1.96. The molecule has 0 saturated heterocycles. The van der Waals surface area contributed by atoms with E-state index in [0.29, 0.717) is 0 Å². The number of hydrogen-bond acceptors (Lipinski definition) is 3. The van der Waals surface area contributed by atoms with Gasteiger partial charge in [0.25, 0.3) is 0 Å². The molecule has 16 heavy (non-hydrogen) atoms. The Balaban J connectivity index is 2.37. The van der Waals surface area contributed by atoms with Crippen molar-refractivity contribution in [1.29, 1.82) is 0 Å². The molecule has 2 N–H and O–H groups in total. The maximum Gasteiger partial charge on any atom is 0.148 e. The zero-order valence-corrected chi connectivity index (χ0v) is 10.7. The first-order valence-corrected chi connectivity index (χ1v) is 6.23. The summed E-state index contributed by atoms with van der Waals surface area (Å²) in [5.41, 5.74) is 2.54. The van der Waals surface area contributed by atoms with Crippen molar-refractivity contribution >= 4 is 11.5 Å². The van der Waals surface area contributed by atoms with Gasteiger partial charge in [0.15, 0.2) is 0 Å². The number of nitrogens with zero attached hydrogens (tertiary/aromatic N) is 2. The van der Waals surface area contributed by atoms with Crippen LogP contribution in [0.5, 0.6) is 0 Å². The monoisotopic (exact) mass is 222 g/mol. The molecule has 1 aromatic heterocycles. The van der Waals surface area contributed by atoms with Gasteiger partial charge in [-0.3, -0.25) is 4.68 Å². The lowest BCUT2D eigenvalue weighted by atomic mass is 9.91. The topological polar surface area (TPSA) is 41.9 Å². The van der Waals surface area contributed by atoms with Crippen molar-refractivity contribution in [2.45, 2.75) is 45.6 Å². The molecule has 1 aromatic rings.